The van der Waals surface area contributed by atoms with Crippen LogP contribution in [0.2, 0.25) is 0 Å². The Hall–Kier alpha value is -3.12. The zero-order valence-electron chi connectivity index (χ0n) is 16.4. The van der Waals surface area contributed by atoms with Gasteiger partial charge >= 0.3 is 0 Å². The molecule has 29 heavy (non-hydrogen) atoms. The van der Waals surface area contributed by atoms with Gasteiger partial charge in [-0.1, -0.05) is 30.3 Å². The quantitative estimate of drug-likeness (QED) is 0.542. The highest BCUT2D eigenvalue weighted by Gasteiger charge is 2.30. The monoisotopic (exact) mass is 405 g/mol. The molecule has 146 valence electrons. The first-order valence-corrected chi connectivity index (χ1v) is 10.0. The molecule has 1 saturated heterocycles. The average Bonchev–Trinajstić information content (AvgIpc) is 3.13. The van der Waals surface area contributed by atoms with Crippen molar-refractivity contribution in [3.05, 3.63) is 88.3 Å². The molecular weight excluding hydrogens is 385 g/mol. The second-order valence-electron chi connectivity index (χ2n) is 6.82. The lowest BCUT2D eigenvalue weighted by Gasteiger charge is -2.10. The van der Waals surface area contributed by atoms with E-state index in [4.69, 9.17) is 0 Å². The normalized spacial score (nSPS) is 17.0. The number of amidine groups is 1. The van der Waals surface area contributed by atoms with E-state index in [0.717, 1.165) is 22.6 Å². The van der Waals surface area contributed by atoms with Crippen LogP contribution in [0.4, 0.5) is 10.1 Å². The number of amides is 1. The lowest BCUT2D eigenvalue weighted by molar-refractivity contribution is -0.121. The maximum atomic E-state index is 14.3. The summed E-state index contributed by atoms with van der Waals surface area (Å²) in [7, 11) is 1.72. The molecule has 0 radical (unpaired) electrons. The third kappa shape index (κ3) is 3.63. The topological polar surface area (TPSA) is 37.6 Å². The van der Waals surface area contributed by atoms with Gasteiger partial charge in [-0.05, 0) is 67.6 Å². The molecule has 0 unspecified atom stereocenters. The molecule has 1 aromatic heterocycles. The number of aromatic nitrogens is 1. The Labute approximate surface area is 173 Å². The summed E-state index contributed by atoms with van der Waals surface area (Å²) >= 11 is 1.34. The molecule has 0 aliphatic carbocycles. The van der Waals surface area contributed by atoms with Crippen LogP contribution in [0, 0.1) is 19.7 Å². The number of aliphatic imine (C=N–C) groups is 1. The molecule has 3 aromatic rings. The number of nitrogens with zero attached hydrogens (tertiary/aromatic N) is 3. The van der Waals surface area contributed by atoms with Crippen LogP contribution in [0.3, 0.4) is 0 Å². The lowest BCUT2D eigenvalue weighted by atomic mass is 10.2. The fraction of sp³-hybridized carbons (Fsp3) is 0.130. The molecule has 0 spiro atoms. The fourth-order valence-electron chi connectivity index (χ4n) is 3.34. The summed E-state index contributed by atoms with van der Waals surface area (Å²) in [6.45, 7) is 3.86. The smallest absolute Gasteiger partial charge is 0.266 e. The summed E-state index contributed by atoms with van der Waals surface area (Å²) in [6, 6.07) is 18.2. The number of rotatable bonds is 3. The molecule has 0 N–H and O–H groups in total. The highest BCUT2D eigenvalue weighted by Crippen LogP contribution is 2.34. The number of hydrogen-bond donors (Lipinski definition) is 0. The van der Waals surface area contributed by atoms with Crippen molar-refractivity contribution in [2.24, 2.45) is 4.99 Å². The van der Waals surface area contributed by atoms with Crippen molar-refractivity contribution >= 4 is 34.6 Å². The molecule has 4 rings (SSSR count). The molecular formula is C23H20FN3OS. The lowest BCUT2D eigenvalue weighted by Crippen LogP contribution is -2.23. The molecule has 2 heterocycles. The highest BCUT2D eigenvalue weighted by atomic mass is 32.2. The number of carbonyl (C=O) groups excluding carboxylic acids is 1. The summed E-state index contributed by atoms with van der Waals surface area (Å²) in [5, 5.41) is 0.635. The van der Waals surface area contributed by atoms with Crippen molar-refractivity contribution in [3.8, 4) is 5.69 Å². The molecule has 0 bridgehead atoms. The van der Waals surface area contributed by atoms with Gasteiger partial charge < -0.3 is 4.57 Å². The largest absolute Gasteiger partial charge is 0.315 e. The first-order chi connectivity index (χ1) is 14.0. The maximum absolute atomic E-state index is 14.3. The van der Waals surface area contributed by atoms with E-state index >= 15 is 0 Å². The van der Waals surface area contributed by atoms with Gasteiger partial charge in [0.2, 0.25) is 0 Å². The van der Waals surface area contributed by atoms with Gasteiger partial charge in [0, 0.05) is 18.4 Å². The summed E-state index contributed by atoms with van der Waals surface area (Å²) < 4.78 is 16.2. The molecule has 1 aliphatic heterocycles. The van der Waals surface area contributed by atoms with Crippen molar-refractivity contribution < 1.29 is 9.18 Å². The Balaban J connectivity index is 1.70. The van der Waals surface area contributed by atoms with E-state index in [0.29, 0.717) is 15.8 Å². The number of carbonyl (C=O) groups is 1. The first kappa shape index (κ1) is 19.2. The first-order valence-electron chi connectivity index (χ1n) is 9.21. The standard InChI is InChI=1S/C23H20FN3OS/c1-15-13-17(16(2)27(15)20-12-8-7-11-19(20)24)14-21-22(28)26(3)23(29-21)25-18-9-5-4-6-10-18/h4-14H,1-3H3/b21-14-,25-23?. The summed E-state index contributed by atoms with van der Waals surface area (Å²) in [5.41, 5.74) is 3.97. The molecule has 0 atom stereocenters. The minimum atomic E-state index is -0.281. The van der Waals surface area contributed by atoms with E-state index in [1.54, 1.807) is 24.1 Å². The molecule has 4 nitrogen and oxygen atoms in total. The van der Waals surface area contributed by atoms with E-state index in [-0.39, 0.29) is 11.7 Å². The van der Waals surface area contributed by atoms with Crippen molar-refractivity contribution in [2.45, 2.75) is 13.8 Å². The second-order valence-corrected chi connectivity index (χ2v) is 7.83. The van der Waals surface area contributed by atoms with Gasteiger partial charge in [-0.3, -0.25) is 9.69 Å². The summed E-state index contributed by atoms with van der Waals surface area (Å²) in [4.78, 5) is 19.5. The van der Waals surface area contributed by atoms with Crippen LogP contribution in [0.15, 0.2) is 70.6 Å². The van der Waals surface area contributed by atoms with Gasteiger partial charge in [-0.15, -0.1) is 0 Å². The molecule has 6 heteroatoms. The van der Waals surface area contributed by atoms with Crippen molar-refractivity contribution in [1.82, 2.24) is 9.47 Å². The van der Waals surface area contributed by atoms with Crippen LogP contribution >= 0.6 is 11.8 Å². The van der Waals surface area contributed by atoms with Crippen molar-refractivity contribution in [1.29, 1.82) is 0 Å². The van der Waals surface area contributed by atoms with Crippen LogP contribution in [0.25, 0.3) is 11.8 Å². The van der Waals surface area contributed by atoms with Crippen LogP contribution < -0.4 is 0 Å². The Morgan fingerprint density at radius 3 is 2.45 bits per heavy atom. The highest BCUT2D eigenvalue weighted by molar-refractivity contribution is 8.18. The Morgan fingerprint density at radius 2 is 1.72 bits per heavy atom. The second kappa shape index (κ2) is 7.72. The van der Waals surface area contributed by atoms with E-state index < -0.39 is 0 Å². The van der Waals surface area contributed by atoms with Gasteiger partial charge in [-0.25, -0.2) is 9.38 Å². The molecule has 0 saturated carbocycles. The minimum absolute atomic E-state index is 0.0969. The van der Waals surface area contributed by atoms with Gasteiger partial charge in [0.25, 0.3) is 5.91 Å². The van der Waals surface area contributed by atoms with Crippen molar-refractivity contribution in [2.75, 3.05) is 7.05 Å². The number of aryl methyl sites for hydroxylation is 1. The summed E-state index contributed by atoms with van der Waals surface area (Å²) in [6.07, 6.45) is 1.86. The Morgan fingerprint density at radius 1 is 1.03 bits per heavy atom. The van der Waals surface area contributed by atoms with Gasteiger partial charge in [0.1, 0.15) is 5.82 Å². The van der Waals surface area contributed by atoms with Crippen LogP contribution in [-0.2, 0) is 4.79 Å². The van der Waals surface area contributed by atoms with Crippen LogP contribution in [-0.4, -0.2) is 27.6 Å². The minimum Gasteiger partial charge on any atom is -0.315 e. The van der Waals surface area contributed by atoms with E-state index in [9.17, 15) is 9.18 Å². The van der Waals surface area contributed by atoms with Gasteiger partial charge in [0.05, 0.1) is 16.3 Å². The predicted molar refractivity (Wildman–Crippen MR) is 117 cm³/mol. The number of thioether (sulfide) groups is 1. The van der Waals surface area contributed by atoms with Gasteiger partial charge in [0.15, 0.2) is 5.17 Å². The van der Waals surface area contributed by atoms with Gasteiger partial charge in [-0.2, -0.15) is 0 Å². The van der Waals surface area contributed by atoms with E-state index in [2.05, 4.69) is 4.99 Å². The number of likely N-dealkylation sites (N-methyl/N-ethyl adjacent to an activating group) is 1. The van der Waals surface area contributed by atoms with Crippen molar-refractivity contribution in [3.63, 3.8) is 0 Å². The molecule has 1 amide bonds. The Bertz CT molecular complexity index is 1150. The number of halogens is 1. The zero-order chi connectivity index (χ0) is 20.5. The fourth-order valence-corrected chi connectivity index (χ4v) is 4.32. The molecule has 1 aliphatic rings. The van der Waals surface area contributed by atoms with Crippen LogP contribution in [0.5, 0.6) is 0 Å². The van der Waals surface area contributed by atoms with E-state index in [1.165, 1.54) is 17.8 Å². The SMILES string of the molecule is Cc1cc(/C=C2\SC(=Nc3ccccc3)N(C)C2=O)c(C)n1-c1ccccc1F. The van der Waals surface area contributed by atoms with E-state index in [1.807, 2.05) is 67.0 Å². The van der Waals surface area contributed by atoms with Crippen LogP contribution in [0.1, 0.15) is 17.0 Å². The maximum Gasteiger partial charge on any atom is 0.266 e. The number of para-hydroxylation sites is 2. The average molecular weight is 405 g/mol. The Kier molecular flexibility index (Phi) is 5.11. The third-order valence-corrected chi connectivity index (χ3v) is 5.89. The molecule has 2 aromatic carbocycles. The number of benzene rings is 2. The summed E-state index contributed by atoms with van der Waals surface area (Å²) in [5.74, 6) is -0.378. The predicted octanol–water partition coefficient (Wildman–Crippen LogP) is 5.47. The number of hydrogen-bond acceptors (Lipinski definition) is 3. The third-order valence-electron chi connectivity index (χ3n) is 4.83. The molecule has 1 fully saturated rings. The zero-order valence-corrected chi connectivity index (χ0v) is 17.2.